The smallest absolute Gasteiger partial charge is 0.275 e. The van der Waals surface area contributed by atoms with Crippen LogP contribution in [0.15, 0.2) is 52.3 Å². The third kappa shape index (κ3) is 3.42. The normalized spacial score (nSPS) is 11.2. The minimum absolute atomic E-state index is 0.0973. The summed E-state index contributed by atoms with van der Waals surface area (Å²) < 4.78 is 0.702. The van der Waals surface area contributed by atoms with E-state index < -0.39 is 5.91 Å². The number of carbonyl (C=O) groups excluding carboxylic acids is 1. The number of rotatable bonds is 3. The van der Waals surface area contributed by atoms with Gasteiger partial charge in [0.2, 0.25) is 0 Å². The van der Waals surface area contributed by atoms with Crippen LogP contribution in [0.3, 0.4) is 0 Å². The van der Waals surface area contributed by atoms with Crippen molar-refractivity contribution < 1.29 is 9.90 Å². The number of aromatic nitrogens is 1. The number of benzene rings is 1. The van der Waals surface area contributed by atoms with Gasteiger partial charge in [0.1, 0.15) is 5.75 Å². The number of amides is 1. The highest BCUT2D eigenvalue weighted by atomic mass is 79.9. The first-order chi connectivity index (χ1) is 9.58. The lowest BCUT2D eigenvalue weighted by atomic mass is 10.2. The van der Waals surface area contributed by atoms with Gasteiger partial charge >= 0.3 is 0 Å². The molecule has 0 atom stereocenters. The van der Waals surface area contributed by atoms with Gasteiger partial charge in [0.05, 0.1) is 11.3 Å². The van der Waals surface area contributed by atoms with E-state index in [0.29, 0.717) is 10.2 Å². The second-order valence-electron chi connectivity index (χ2n) is 4.04. The van der Waals surface area contributed by atoms with Crippen molar-refractivity contribution in [1.82, 2.24) is 10.4 Å². The van der Waals surface area contributed by atoms with Crippen molar-refractivity contribution in [2.24, 2.45) is 5.10 Å². The van der Waals surface area contributed by atoms with E-state index in [1.807, 2.05) is 6.07 Å². The second kappa shape index (κ2) is 6.29. The summed E-state index contributed by atoms with van der Waals surface area (Å²) in [4.78, 5) is 15.9. The Bertz CT molecular complexity index is 657. The highest BCUT2D eigenvalue weighted by molar-refractivity contribution is 9.10. The molecule has 102 valence electrons. The van der Waals surface area contributed by atoms with Crippen molar-refractivity contribution >= 4 is 27.5 Å². The van der Waals surface area contributed by atoms with Crippen molar-refractivity contribution in [1.29, 1.82) is 0 Å². The molecule has 1 heterocycles. The molecule has 2 rings (SSSR count). The van der Waals surface area contributed by atoms with Gasteiger partial charge in [-0.25, -0.2) is 5.43 Å². The van der Waals surface area contributed by atoms with Gasteiger partial charge in [0.25, 0.3) is 5.91 Å². The summed E-state index contributed by atoms with van der Waals surface area (Å²) in [5.74, 6) is -0.577. The number of aromatic hydroxyl groups is 1. The molecule has 5 nitrogen and oxygen atoms in total. The third-order valence-electron chi connectivity index (χ3n) is 2.61. The molecule has 1 aromatic carbocycles. The van der Waals surface area contributed by atoms with E-state index in [1.54, 1.807) is 31.5 Å². The van der Waals surface area contributed by atoms with E-state index in [9.17, 15) is 9.90 Å². The SMILES string of the molecule is C/C(=N/NC(=O)c1cc(Br)ccc1O)c1cccnc1. The molecule has 0 saturated heterocycles. The summed E-state index contributed by atoms with van der Waals surface area (Å²) in [6, 6.07) is 8.25. The van der Waals surface area contributed by atoms with Crippen molar-refractivity contribution in [3.05, 3.63) is 58.3 Å². The van der Waals surface area contributed by atoms with E-state index in [-0.39, 0.29) is 11.3 Å². The molecule has 1 amide bonds. The molecule has 2 aromatic rings. The van der Waals surface area contributed by atoms with E-state index in [4.69, 9.17) is 0 Å². The monoisotopic (exact) mass is 333 g/mol. The highest BCUT2D eigenvalue weighted by Gasteiger charge is 2.11. The Morgan fingerprint density at radius 1 is 1.40 bits per heavy atom. The van der Waals surface area contributed by atoms with Crippen LogP contribution in [-0.2, 0) is 0 Å². The molecule has 0 aliphatic heterocycles. The molecule has 0 radical (unpaired) electrons. The molecular weight excluding hydrogens is 322 g/mol. The summed E-state index contributed by atoms with van der Waals surface area (Å²) in [5, 5.41) is 13.6. The molecule has 0 fully saturated rings. The van der Waals surface area contributed by atoms with Crippen LogP contribution in [0.4, 0.5) is 0 Å². The fourth-order valence-electron chi connectivity index (χ4n) is 1.53. The van der Waals surface area contributed by atoms with Crippen LogP contribution >= 0.6 is 15.9 Å². The number of carbonyl (C=O) groups is 1. The first-order valence-corrected chi connectivity index (χ1v) is 6.61. The first kappa shape index (κ1) is 14.2. The number of hydrazone groups is 1. The minimum atomic E-state index is -0.480. The summed E-state index contributed by atoms with van der Waals surface area (Å²) in [7, 11) is 0. The van der Waals surface area contributed by atoms with Gasteiger partial charge in [-0.2, -0.15) is 5.10 Å². The fraction of sp³-hybridized carbons (Fsp3) is 0.0714. The zero-order valence-corrected chi connectivity index (χ0v) is 12.3. The Labute approximate surface area is 124 Å². The molecule has 0 saturated carbocycles. The molecular formula is C14H12BrN3O2. The molecule has 0 unspecified atom stereocenters. The molecule has 0 spiro atoms. The molecule has 1 aromatic heterocycles. The minimum Gasteiger partial charge on any atom is -0.507 e. The van der Waals surface area contributed by atoms with Crippen LogP contribution in [0, 0.1) is 0 Å². The first-order valence-electron chi connectivity index (χ1n) is 5.81. The third-order valence-corrected chi connectivity index (χ3v) is 3.10. The Hall–Kier alpha value is -2.21. The van der Waals surface area contributed by atoms with E-state index in [0.717, 1.165) is 5.56 Å². The van der Waals surface area contributed by atoms with Gasteiger partial charge in [-0.15, -0.1) is 0 Å². The Morgan fingerprint density at radius 3 is 2.90 bits per heavy atom. The topological polar surface area (TPSA) is 74.6 Å². The largest absolute Gasteiger partial charge is 0.507 e. The van der Waals surface area contributed by atoms with E-state index in [1.165, 1.54) is 12.1 Å². The van der Waals surface area contributed by atoms with Crippen LogP contribution < -0.4 is 5.43 Å². The predicted octanol–water partition coefficient (Wildman–Crippen LogP) is 2.70. The zero-order valence-electron chi connectivity index (χ0n) is 10.7. The van der Waals surface area contributed by atoms with Gasteiger partial charge in [0, 0.05) is 22.4 Å². The predicted molar refractivity (Wildman–Crippen MR) is 79.7 cm³/mol. The van der Waals surface area contributed by atoms with Crippen molar-refractivity contribution in [2.75, 3.05) is 0 Å². The number of pyridine rings is 1. The molecule has 2 N–H and O–H groups in total. The lowest BCUT2D eigenvalue weighted by Crippen LogP contribution is -2.19. The maximum absolute atomic E-state index is 11.9. The average Bonchev–Trinajstić information content (AvgIpc) is 2.47. The van der Waals surface area contributed by atoms with Gasteiger partial charge in [0.15, 0.2) is 0 Å². The van der Waals surface area contributed by atoms with Crippen LogP contribution in [0.1, 0.15) is 22.8 Å². The lowest BCUT2D eigenvalue weighted by Gasteiger charge is -2.05. The lowest BCUT2D eigenvalue weighted by molar-refractivity contribution is 0.0952. The van der Waals surface area contributed by atoms with Crippen LogP contribution in [0.2, 0.25) is 0 Å². The quantitative estimate of drug-likeness (QED) is 0.669. The number of hydrogen-bond donors (Lipinski definition) is 2. The van der Waals surface area contributed by atoms with Gasteiger partial charge in [-0.05, 0) is 31.2 Å². The molecule has 20 heavy (non-hydrogen) atoms. The molecule has 0 aliphatic carbocycles. The second-order valence-corrected chi connectivity index (χ2v) is 4.96. The number of nitrogens with one attached hydrogen (secondary N) is 1. The van der Waals surface area contributed by atoms with Gasteiger partial charge in [-0.1, -0.05) is 22.0 Å². The summed E-state index contributed by atoms with van der Waals surface area (Å²) in [6.07, 6.45) is 3.32. The van der Waals surface area contributed by atoms with E-state index >= 15 is 0 Å². The Balaban J connectivity index is 2.14. The number of phenolic OH excluding ortho intramolecular Hbond substituents is 1. The van der Waals surface area contributed by atoms with Crippen LogP contribution in [0.25, 0.3) is 0 Å². The van der Waals surface area contributed by atoms with Crippen LogP contribution in [-0.4, -0.2) is 21.7 Å². The fourth-order valence-corrected chi connectivity index (χ4v) is 1.89. The number of hydrogen-bond acceptors (Lipinski definition) is 4. The number of phenols is 1. The number of nitrogens with zero attached hydrogens (tertiary/aromatic N) is 2. The Morgan fingerprint density at radius 2 is 2.20 bits per heavy atom. The zero-order chi connectivity index (χ0) is 14.5. The summed E-state index contributed by atoms with van der Waals surface area (Å²) in [5.41, 5.74) is 4.00. The Kier molecular flexibility index (Phi) is 4.47. The molecule has 0 aliphatic rings. The maximum atomic E-state index is 11.9. The van der Waals surface area contributed by atoms with Crippen molar-refractivity contribution in [3.63, 3.8) is 0 Å². The standard InChI is InChI=1S/C14H12BrN3O2/c1-9(10-3-2-6-16-8-10)17-18-14(20)12-7-11(15)4-5-13(12)19/h2-8,19H,1H3,(H,18,20)/b17-9-. The van der Waals surface area contributed by atoms with Crippen molar-refractivity contribution in [2.45, 2.75) is 6.92 Å². The highest BCUT2D eigenvalue weighted by Crippen LogP contribution is 2.21. The van der Waals surface area contributed by atoms with Gasteiger partial charge in [-0.3, -0.25) is 9.78 Å². The van der Waals surface area contributed by atoms with Gasteiger partial charge < -0.3 is 5.11 Å². The molecule has 6 heteroatoms. The van der Waals surface area contributed by atoms with Crippen LogP contribution in [0.5, 0.6) is 5.75 Å². The summed E-state index contributed by atoms with van der Waals surface area (Å²) >= 11 is 3.25. The van der Waals surface area contributed by atoms with Crippen molar-refractivity contribution in [3.8, 4) is 5.75 Å². The molecule has 0 bridgehead atoms. The summed E-state index contributed by atoms with van der Waals surface area (Å²) in [6.45, 7) is 1.76. The number of halogens is 1. The average molecular weight is 334 g/mol. The van der Waals surface area contributed by atoms with E-state index in [2.05, 4.69) is 31.4 Å². The maximum Gasteiger partial charge on any atom is 0.275 e.